The fourth-order valence-electron chi connectivity index (χ4n) is 3.61. The summed E-state index contributed by atoms with van der Waals surface area (Å²) in [6.07, 6.45) is -4.30. The number of likely N-dealkylation sites (tertiary alicyclic amines) is 2. The van der Waals surface area contributed by atoms with Crippen molar-refractivity contribution in [2.45, 2.75) is 18.8 Å². The molecule has 0 saturated carbocycles. The van der Waals surface area contributed by atoms with Gasteiger partial charge in [-0.1, -0.05) is 12.1 Å². The molecule has 8 heteroatoms. The largest absolute Gasteiger partial charge is 0.416 e. The lowest BCUT2D eigenvalue weighted by Crippen LogP contribution is -2.54. The SMILES string of the molecule is O=C(c1cscn1)N1C[C@H]2CN(Cc3ccc(C(F)(F)F)cc3)[C@H]2C1. The van der Waals surface area contributed by atoms with E-state index in [-0.39, 0.29) is 11.9 Å². The van der Waals surface area contributed by atoms with Crippen LogP contribution in [0.3, 0.4) is 0 Å². The van der Waals surface area contributed by atoms with Crippen LogP contribution < -0.4 is 0 Å². The Hall–Kier alpha value is -1.93. The molecule has 132 valence electrons. The Labute approximate surface area is 146 Å². The van der Waals surface area contributed by atoms with E-state index in [1.807, 2.05) is 4.90 Å². The Morgan fingerprint density at radius 2 is 1.96 bits per heavy atom. The fraction of sp³-hybridized carbons (Fsp3) is 0.412. The van der Waals surface area contributed by atoms with Crippen LogP contribution in [0.5, 0.6) is 0 Å². The number of halogens is 3. The molecule has 1 aromatic carbocycles. The quantitative estimate of drug-likeness (QED) is 0.836. The molecule has 1 aromatic heterocycles. The van der Waals surface area contributed by atoms with Gasteiger partial charge in [0.1, 0.15) is 5.69 Å². The standard InChI is InChI=1S/C17H16F3N3OS/c18-17(19,20)13-3-1-11(2-4-13)5-22-6-12-7-23(8-15(12)22)16(24)14-9-25-10-21-14/h1-4,9-10,12,15H,5-8H2/t12-,15+/m1/s1. The predicted molar refractivity (Wildman–Crippen MR) is 87.1 cm³/mol. The fourth-order valence-corrected chi connectivity index (χ4v) is 4.13. The summed E-state index contributed by atoms with van der Waals surface area (Å²) < 4.78 is 37.9. The van der Waals surface area contributed by atoms with Crippen LogP contribution in [0, 0.1) is 5.92 Å². The summed E-state index contributed by atoms with van der Waals surface area (Å²) in [6.45, 7) is 2.86. The predicted octanol–water partition coefficient (Wildman–Crippen LogP) is 3.12. The molecule has 4 rings (SSSR count). The number of thiazole rings is 1. The van der Waals surface area contributed by atoms with E-state index < -0.39 is 11.7 Å². The van der Waals surface area contributed by atoms with E-state index in [9.17, 15) is 18.0 Å². The van der Waals surface area contributed by atoms with Gasteiger partial charge in [-0.2, -0.15) is 13.2 Å². The second-order valence-corrected chi connectivity index (χ2v) is 7.25. The molecular formula is C17H16F3N3OS. The average Bonchev–Trinajstić information content (AvgIpc) is 3.20. The summed E-state index contributed by atoms with van der Waals surface area (Å²) in [5.74, 6) is 0.405. The number of rotatable bonds is 3. The van der Waals surface area contributed by atoms with Crippen LogP contribution in [-0.4, -0.2) is 46.4 Å². The Morgan fingerprint density at radius 3 is 2.60 bits per heavy atom. The van der Waals surface area contributed by atoms with E-state index in [1.54, 1.807) is 10.9 Å². The van der Waals surface area contributed by atoms with Crippen LogP contribution in [0.4, 0.5) is 13.2 Å². The third-order valence-corrected chi connectivity index (χ3v) is 5.54. The second kappa shape index (κ2) is 6.10. The van der Waals surface area contributed by atoms with Crippen LogP contribution in [-0.2, 0) is 12.7 Å². The highest BCUT2D eigenvalue weighted by Crippen LogP contribution is 2.35. The molecular weight excluding hydrogens is 351 g/mol. The first kappa shape index (κ1) is 16.5. The third-order valence-electron chi connectivity index (χ3n) is 4.95. The lowest BCUT2D eigenvalue weighted by molar-refractivity contribution is -0.137. The van der Waals surface area contributed by atoms with Crippen molar-refractivity contribution >= 4 is 17.2 Å². The number of benzene rings is 1. The number of carbonyl (C=O) groups excluding carboxylic acids is 1. The zero-order valence-corrected chi connectivity index (χ0v) is 14.1. The number of carbonyl (C=O) groups is 1. The zero-order valence-electron chi connectivity index (χ0n) is 13.2. The maximum absolute atomic E-state index is 12.6. The monoisotopic (exact) mass is 367 g/mol. The second-order valence-electron chi connectivity index (χ2n) is 6.54. The van der Waals surface area contributed by atoms with Crippen LogP contribution in [0.2, 0.25) is 0 Å². The van der Waals surface area contributed by atoms with Crippen molar-refractivity contribution in [2.75, 3.05) is 19.6 Å². The molecule has 4 nitrogen and oxygen atoms in total. The first-order valence-corrected chi connectivity index (χ1v) is 8.94. The molecule has 0 unspecified atom stereocenters. The summed E-state index contributed by atoms with van der Waals surface area (Å²) in [5, 5.41) is 1.75. The van der Waals surface area contributed by atoms with Gasteiger partial charge in [-0.05, 0) is 17.7 Å². The van der Waals surface area contributed by atoms with E-state index in [1.165, 1.54) is 23.5 Å². The first-order valence-electron chi connectivity index (χ1n) is 7.99. The van der Waals surface area contributed by atoms with Crippen molar-refractivity contribution < 1.29 is 18.0 Å². The molecule has 0 radical (unpaired) electrons. The number of hydrogen-bond donors (Lipinski definition) is 0. The number of nitrogens with zero attached hydrogens (tertiary/aromatic N) is 3. The molecule has 3 heterocycles. The van der Waals surface area contributed by atoms with E-state index >= 15 is 0 Å². The molecule has 2 fully saturated rings. The summed E-state index contributed by atoms with van der Waals surface area (Å²) in [6, 6.07) is 5.59. The van der Waals surface area contributed by atoms with Crippen LogP contribution in [0.15, 0.2) is 35.2 Å². The van der Waals surface area contributed by atoms with Gasteiger partial charge in [-0.25, -0.2) is 4.98 Å². The average molecular weight is 367 g/mol. The van der Waals surface area contributed by atoms with Gasteiger partial charge in [0.25, 0.3) is 5.91 Å². The van der Waals surface area contributed by atoms with Crippen LogP contribution in [0.1, 0.15) is 21.6 Å². The molecule has 0 aliphatic carbocycles. The van der Waals surface area contributed by atoms with Crippen molar-refractivity contribution in [2.24, 2.45) is 5.92 Å². The van der Waals surface area contributed by atoms with Crippen molar-refractivity contribution in [1.29, 1.82) is 0 Å². The van der Waals surface area contributed by atoms with Crippen molar-refractivity contribution in [1.82, 2.24) is 14.8 Å². The summed E-state index contributed by atoms with van der Waals surface area (Å²) in [5.41, 5.74) is 2.37. The number of amides is 1. The minimum Gasteiger partial charge on any atom is -0.335 e. The van der Waals surface area contributed by atoms with Crippen molar-refractivity contribution in [3.8, 4) is 0 Å². The van der Waals surface area contributed by atoms with Gasteiger partial charge >= 0.3 is 6.18 Å². The van der Waals surface area contributed by atoms with E-state index in [0.29, 0.717) is 24.7 Å². The van der Waals surface area contributed by atoms with Crippen LogP contribution >= 0.6 is 11.3 Å². The molecule has 2 aliphatic rings. The number of fused-ring (bicyclic) bond motifs is 1. The molecule has 2 atom stereocenters. The Balaban J connectivity index is 1.37. The highest BCUT2D eigenvalue weighted by Gasteiger charge is 2.46. The zero-order chi connectivity index (χ0) is 17.6. The van der Waals surface area contributed by atoms with Gasteiger partial charge in [0, 0.05) is 43.5 Å². The maximum Gasteiger partial charge on any atom is 0.416 e. The summed E-state index contributed by atoms with van der Waals surface area (Å²) in [7, 11) is 0. The molecule has 0 spiro atoms. The smallest absolute Gasteiger partial charge is 0.335 e. The molecule has 1 amide bonds. The topological polar surface area (TPSA) is 36.4 Å². The lowest BCUT2D eigenvalue weighted by atomic mass is 9.91. The van der Waals surface area contributed by atoms with Crippen LogP contribution in [0.25, 0.3) is 0 Å². The lowest BCUT2D eigenvalue weighted by Gasteiger charge is -2.43. The van der Waals surface area contributed by atoms with Gasteiger partial charge < -0.3 is 4.90 Å². The van der Waals surface area contributed by atoms with Crippen molar-refractivity contribution in [3.63, 3.8) is 0 Å². The molecule has 2 aromatic rings. The molecule has 2 saturated heterocycles. The molecule has 25 heavy (non-hydrogen) atoms. The third kappa shape index (κ3) is 3.16. The van der Waals surface area contributed by atoms with Gasteiger partial charge in [-0.3, -0.25) is 9.69 Å². The molecule has 2 aliphatic heterocycles. The number of alkyl halides is 3. The Morgan fingerprint density at radius 1 is 1.20 bits per heavy atom. The minimum absolute atomic E-state index is 0.0369. The van der Waals surface area contributed by atoms with E-state index in [4.69, 9.17) is 0 Å². The summed E-state index contributed by atoms with van der Waals surface area (Å²) in [4.78, 5) is 20.5. The molecule has 0 bridgehead atoms. The van der Waals surface area contributed by atoms with Gasteiger partial charge in [0.15, 0.2) is 0 Å². The van der Waals surface area contributed by atoms with Crippen molar-refractivity contribution in [3.05, 3.63) is 52.0 Å². The highest BCUT2D eigenvalue weighted by atomic mass is 32.1. The first-order chi connectivity index (χ1) is 11.9. The van der Waals surface area contributed by atoms with Gasteiger partial charge in [0.2, 0.25) is 0 Å². The van der Waals surface area contributed by atoms with Gasteiger partial charge in [0.05, 0.1) is 11.1 Å². The molecule has 0 N–H and O–H groups in total. The Kier molecular flexibility index (Phi) is 4.04. The minimum atomic E-state index is -4.30. The number of hydrogen-bond acceptors (Lipinski definition) is 4. The van der Waals surface area contributed by atoms with E-state index in [0.717, 1.165) is 30.8 Å². The number of aromatic nitrogens is 1. The Bertz CT molecular complexity index is 760. The highest BCUT2D eigenvalue weighted by molar-refractivity contribution is 7.07. The normalized spacial score (nSPS) is 23.4. The van der Waals surface area contributed by atoms with E-state index in [2.05, 4.69) is 9.88 Å². The summed E-state index contributed by atoms with van der Waals surface area (Å²) >= 11 is 1.40. The maximum atomic E-state index is 12.6. The van der Waals surface area contributed by atoms with Gasteiger partial charge in [-0.15, -0.1) is 11.3 Å².